The molecule has 1 N–H and O–H groups in total. The first-order chi connectivity index (χ1) is 6.77. The van der Waals surface area contributed by atoms with Crippen LogP contribution >= 0.6 is 0 Å². The van der Waals surface area contributed by atoms with Gasteiger partial charge in [0.05, 0.1) is 5.54 Å². The monoisotopic (exact) mass is 189 g/mol. The van der Waals surface area contributed by atoms with E-state index in [1.54, 1.807) is 0 Å². The second-order valence-corrected chi connectivity index (χ2v) is 4.14. The number of rotatable bonds is 0. The van der Waals surface area contributed by atoms with Crippen LogP contribution < -0.4 is 5.32 Å². The SMILES string of the molecule is C#CC1=CCCCC12CCCC(=O)N2. The highest BCUT2D eigenvalue weighted by Crippen LogP contribution is 2.35. The van der Waals surface area contributed by atoms with Crippen LogP contribution in [0.2, 0.25) is 0 Å². The van der Waals surface area contributed by atoms with E-state index in [9.17, 15) is 4.79 Å². The zero-order valence-electron chi connectivity index (χ0n) is 8.31. The second kappa shape index (κ2) is 3.49. The molecule has 1 aliphatic heterocycles. The van der Waals surface area contributed by atoms with Crippen LogP contribution in [-0.2, 0) is 4.79 Å². The molecule has 0 bridgehead atoms. The first-order valence-corrected chi connectivity index (χ1v) is 5.25. The van der Waals surface area contributed by atoms with E-state index in [0.717, 1.165) is 37.7 Å². The number of carbonyl (C=O) groups is 1. The van der Waals surface area contributed by atoms with Gasteiger partial charge in [-0.25, -0.2) is 0 Å². The average molecular weight is 189 g/mol. The number of piperidine rings is 1. The summed E-state index contributed by atoms with van der Waals surface area (Å²) >= 11 is 0. The van der Waals surface area contributed by atoms with Crippen molar-refractivity contribution in [1.29, 1.82) is 0 Å². The van der Waals surface area contributed by atoms with Crippen molar-refractivity contribution in [2.24, 2.45) is 0 Å². The molecule has 1 fully saturated rings. The van der Waals surface area contributed by atoms with Gasteiger partial charge in [0.15, 0.2) is 0 Å². The molecule has 1 spiro atoms. The Labute approximate surface area is 84.8 Å². The molecule has 0 aromatic carbocycles. The quantitative estimate of drug-likeness (QED) is 0.578. The van der Waals surface area contributed by atoms with Gasteiger partial charge in [-0.05, 0) is 32.1 Å². The molecule has 0 aromatic rings. The number of carbonyl (C=O) groups excluding carboxylic acids is 1. The summed E-state index contributed by atoms with van der Waals surface area (Å²) in [6.45, 7) is 0. The maximum absolute atomic E-state index is 11.4. The fourth-order valence-corrected chi connectivity index (χ4v) is 2.51. The lowest BCUT2D eigenvalue weighted by Crippen LogP contribution is -2.53. The van der Waals surface area contributed by atoms with E-state index in [2.05, 4.69) is 17.3 Å². The second-order valence-electron chi connectivity index (χ2n) is 4.14. The van der Waals surface area contributed by atoms with E-state index in [-0.39, 0.29) is 11.4 Å². The van der Waals surface area contributed by atoms with Gasteiger partial charge in [0.25, 0.3) is 0 Å². The Morgan fingerprint density at radius 2 is 2.21 bits per heavy atom. The lowest BCUT2D eigenvalue weighted by atomic mass is 9.75. The lowest BCUT2D eigenvalue weighted by Gasteiger charge is -2.40. The summed E-state index contributed by atoms with van der Waals surface area (Å²) in [5.41, 5.74) is 0.819. The molecule has 1 atom stereocenters. The molecule has 1 aliphatic carbocycles. The maximum Gasteiger partial charge on any atom is 0.220 e. The molecule has 1 unspecified atom stereocenters. The molecule has 14 heavy (non-hydrogen) atoms. The number of nitrogens with one attached hydrogen (secondary N) is 1. The van der Waals surface area contributed by atoms with Gasteiger partial charge in [-0.1, -0.05) is 12.0 Å². The lowest BCUT2D eigenvalue weighted by molar-refractivity contribution is -0.124. The van der Waals surface area contributed by atoms with Gasteiger partial charge in [0, 0.05) is 12.0 Å². The molecule has 1 heterocycles. The smallest absolute Gasteiger partial charge is 0.220 e. The van der Waals surface area contributed by atoms with Gasteiger partial charge in [0.2, 0.25) is 5.91 Å². The van der Waals surface area contributed by atoms with Gasteiger partial charge in [0.1, 0.15) is 0 Å². The molecule has 2 heteroatoms. The Kier molecular flexibility index (Phi) is 2.33. The molecule has 2 rings (SSSR count). The predicted molar refractivity (Wildman–Crippen MR) is 55.5 cm³/mol. The Bertz CT molecular complexity index is 324. The van der Waals surface area contributed by atoms with Crippen LogP contribution in [0.25, 0.3) is 0 Å². The number of terminal acetylenes is 1. The number of amides is 1. The highest BCUT2D eigenvalue weighted by Gasteiger charge is 2.38. The minimum atomic E-state index is -0.178. The van der Waals surface area contributed by atoms with Crippen molar-refractivity contribution in [3.63, 3.8) is 0 Å². The van der Waals surface area contributed by atoms with Crippen LogP contribution in [0.5, 0.6) is 0 Å². The molecule has 74 valence electrons. The molecule has 0 saturated carbocycles. The topological polar surface area (TPSA) is 29.1 Å². The highest BCUT2D eigenvalue weighted by atomic mass is 16.1. The van der Waals surface area contributed by atoms with Crippen LogP contribution in [-0.4, -0.2) is 11.4 Å². The molecular formula is C12H15NO. The van der Waals surface area contributed by atoms with Crippen molar-refractivity contribution >= 4 is 5.91 Å². The normalized spacial score (nSPS) is 31.9. The summed E-state index contributed by atoms with van der Waals surface area (Å²) in [4.78, 5) is 11.4. The van der Waals surface area contributed by atoms with Gasteiger partial charge < -0.3 is 5.32 Å². The fourth-order valence-electron chi connectivity index (χ4n) is 2.51. The standard InChI is InChI=1S/C12H15NO/c1-2-10-6-3-4-8-12(10)9-5-7-11(14)13-12/h1,6H,3-5,7-9H2,(H,13,14). The van der Waals surface area contributed by atoms with Crippen LogP contribution in [0.4, 0.5) is 0 Å². The van der Waals surface area contributed by atoms with Crippen LogP contribution in [0.15, 0.2) is 11.6 Å². The summed E-state index contributed by atoms with van der Waals surface area (Å²) in [6.07, 6.45) is 13.4. The molecule has 1 amide bonds. The zero-order chi connectivity index (χ0) is 10.0. The van der Waals surface area contributed by atoms with Gasteiger partial charge >= 0.3 is 0 Å². The predicted octanol–water partition coefficient (Wildman–Crippen LogP) is 1.77. The molecule has 0 aromatic heterocycles. The number of hydrogen-bond acceptors (Lipinski definition) is 1. The Morgan fingerprint density at radius 3 is 2.93 bits per heavy atom. The third kappa shape index (κ3) is 1.43. The molecule has 2 nitrogen and oxygen atoms in total. The van der Waals surface area contributed by atoms with E-state index < -0.39 is 0 Å². The van der Waals surface area contributed by atoms with E-state index in [1.165, 1.54) is 0 Å². The molecule has 0 radical (unpaired) electrons. The van der Waals surface area contributed by atoms with Crippen molar-refractivity contribution < 1.29 is 4.79 Å². The summed E-state index contributed by atoms with van der Waals surface area (Å²) in [7, 11) is 0. The minimum absolute atomic E-state index is 0.152. The Balaban J connectivity index is 2.28. The van der Waals surface area contributed by atoms with Crippen molar-refractivity contribution in [2.45, 2.75) is 44.1 Å². The van der Waals surface area contributed by atoms with Gasteiger partial charge in [-0.2, -0.15) is 0 Å². The van der Waals surface area contributed by atoms with Crippen molar-refractivity contribution in [2.75, 3.05) is 0 Å². The third-order valence-electron chi connectivity index (χ3n) is 3.21. The van der Waals surface area contributed by atoms with Crippen molar-refractivity contribution in [3.8, 4) is 12.3 Å². The van der Waals surface area contributed by atoms with E-state index in [0.29, 0.717) is 6.42 Å². The third-order valence-corrected chi connectivity index (χ3v) is 3.21. The largest absolute Gasteiger partial charge is 0.346 e. The number of allylic oxidation sites excluding steroid dienone is 1. The summed E-state index contributed by atoms with van der Waals surface area (Å²) in [6, 6.07) is 0. The van der Waals surface area contributed by atoms with E-state index in [1.807, 2.05) is 0 Å². The number of hydrogen-bond donors (Lipinski definition) is 1. The molecule has 2 aliphatic rings. The van der Waals surface area contributed by atoms with Crippen molar-refractivity contribution in [3.05, 3.63) is 11.6 Å². The van der Waals surface area contributed by atoms with Gasteiger partial charge in [-0.15, -0.1) is 6.42 Å². The summed E-state index contributed by atoms with van der Waals surface area (Å²) < 4.78 is 0. The Hall–Kier alpha value is -1.23. The maximum atomic E-state index is 11.4. The van der Waals surface area contributed by atoms with Crippen LogP contribution in [0.3, 0.4) is 0 Å². The van der Waals surface area contributed by atoms with Crippen molar-refractivity contribution in [1.82, 2.24) is 5.32 Å². The first-order valence-electron chi connectivity index (χ1n) is 5.25. The molecule has 1 saturated heterocycles. The van der Waals surface area contributed by atoms with E-state index >= 15 is 0 Å². The molecular weight excluding hydrogens is 174 g/mol. The van der Waals surface area contributed by atoms with E-state index in [4.69, 9.17) is 6.42 Å². The van der Waals surface area contributed by atoms with Crippen LogP contribution in [0, 0.1) is 12.3 Å². The average Bonchev–Trinajstić information content (AvgIpc) is 2.18. The highest BCUT2D eigenvalue weighted by molar-refractivity contribution is 5.78. The van der Waals surface area contributed by atoms with Gasteiger partial charge in [-0.3, -0.25) is 4.79 Å². The fraction of sp³-hybridized carbons (Fsp3) is 0.583. The summed E-state index contributed by atoms with van der Waals surface area (Å²) in [5, 5.41) is 3.08. The zero-order valence-corrected chi connectivity index (χ0v) is 8.31. The summed E-state index contributed by atoms with van der Waals surface area (Å²) in [5.74, 6) is 2.88. The van der Waals surface area contributed by atoms with Crippen LogP contribution in [0.1, 0.15) is 38.5 Å². The first kappa shape index (κ1) is 9.33. The Morgan fingerprint density at radius 1 is 1.43 bits per heavy atom. The minimum Gasteiger partial charge on any atom is -0.346 e.